The Morgan fingerprint density at radius 3 is 2.32 bits per heavy atom. The molecule has 0 bridgehead atoms. The first-order valence-electron chi connectivity index (χ1n) is 6.22. The number of hydrogen-bond donors (Lipinski definition) is 1. The van der Waals surface area contributed by atoms with Crippen molar-refractivity contribution < 1.29 is 5.11 Å². The molecule has 19 heavy (non-hydrogen) atoms. The lowest BCUT2D eigenvalue weighted by molar-refractivity contribution is 0.175. The van der Waals surface area contributed by atoms with E-state index in [-0.39, 0.29) is 0 Å². The van der Waals surface area contributed by atoms with Crippen molar-refractivity contribution >= 4 is 23.2 Å². The topological polar surface area (TPSA) is 20.2 Å². The molecule has 0 fully saturated rings. The van der Waals surface area contributed by atoms with Crippen LogP contribution < -0.4 is 0 Å². The van der Waals surface area contributed by atoms with Gasteiger partial charge in [-0.1, -0.05) is 47.5 Å². The molecule has 1 N–H and O–H groups in total. The van der Waals surface area contributed by atoms with E-state index in [0.29, 0.717) is 17.9 Å². The summed E-state index contributed by atoms with van der Waals surface area (Å²) in [5.41, 5.74) is 3.18. The Morgan fingerprint density at radius 1 is 1.00 bits per heavy atom. The lowest BCUT2D eigenvalue weighted by atomic mass is 10.0. The standard InChI is InChI=1S/C16H16Cl2O/c1-11-2-5-13(16(18)8-11)10-15(19)9-12-3-6-14(17)7-4-12/h2-8,15,19H,9-10H2,1H3. The van der Waals surface area contributed by atoms with Crippen LogP contribution in [0.25, 0.3) is 0 Å². The van der Waals surface area contributed by atoms with E-state index in [1.807, 2.05) is 49.4 Å². The predicted molar refractivity (Wildman–Crippen MR) is 81.1 cm³/mol. The van der Waals surface area contributed by atoms with Crippen LogP contribution in [-0.4, -0.2) is 11.2 Å². The molecule has 2 rings (SSSR count). The molecule has 2 aromatic rings. The number of hydrogen-bond acceptors (Lipinski definition) is 1. The van der Waals surface area contributed by atoms with Crippen LogP contribution >= 0.6 is 23.2 Å². The van der Waals surface area contributed by atoms with Gasteiger partial charge in [-0.2, -0.15) is 0 Å². The Kier molecular flexibility index (Phi) is 4.87. The number of halogens is 2. The normalized spacial score (nSPS) is 12.4. The van der Waals surface area contributed by atoms with E-state index in [0.717, 1.165) is 21.7 Å². The maximum atomic E-state index is 10.1. The van der Waals surface area contributed by atoms with Crippen LogP contribution in [0.1, 0.15) is 16.7 Å². The molecule has 0 radical (unpaired) electrons. The van der Waals surface area contributed by atoms with E-state index in [1.54, 1.807) is 0 Å². The van der Waals surface area contributed by atoms with E-state index in [9.17, 15) is 5.11 Å². The van der Waals surface area contributed by atoms with Gasteiger partial charge in [0.15, 0.2) is 0 Å². The van der Waals surface area contributed by atoms with Gasteiger partial charge in [-0.05, 0) is 48.2 Å². The zero-order valence-electron chi connectivity index (χ0n) is 10.7. The van der Waals surface area contributed by atoms with Crippen molar-refractivity contribution in [1.82, 2.24) is 0 Å². The van der Waals surface area contributed by atoms with Gasteiger partial charge in [0, 0.05) is 16.5 Å². The van der Waals surface area contributed by atoms with Crippen LogP contribution in [0.4, 0.5) is 0 Å². The zero-order valence-corrected chi connectivity index (χ0v) is 12.2. The third-order valence-corrected chi connectivity index (χ3v) is 3.65. The Balaban J connectivity index is 2.01. The second kappa shape index (κ2) is 6.42. The molecule has 1 atom stereocenters. The Morgan fingerprint density at radius 2 is 1.68 bits per heavy atom. The monoisotopic (exact) mass is 294 g/mol. The molecule has 1 unspecified atom stereocenters. The first kappa shape index (κ1) is 14.4. The molecule has 0 saturated carbocycles. The van der Waals surface area contributed by atoms with Gasteiger partial charge in [-0.3, -0.25) is 0 Å². The Hall–Kier alpha value is -1.02. The number of aryl methyl sites for hydroxylation is 1. The van der Waals surface area contributed by atoms with Crippen LogP contribution in [0.5, 0.6) is 0 Å². The van der Waals surface area contributed by atoms with Gasteiger partial charge in [0.05, 0.1) is 6.10 Å². The fourth-order valence-corrected chi connectivity index (χ4v) is 2.47. The molecule has 0 aromatic heterocycles. The van der Waals surface area contributed by atoms with Crippen molar-refractivity contribution in [3.05, 3.63) is 69.2 Å². The highest BCUT2D eigenvalue weighted by atomic mass is 35.5. The molecule has 0 aliphatic heterocycles. The van der Waals surface area contributed by atoms with Crippen molar-refractivity contribution in [3.63, 3.8) is 0 Å². The molecule has 1 nitrogen and oxygen atoms in total. The Bertz CT molecular complexity index is 549. The smallest absolute Gasteiger partial charge is 0.0621 e. The summed E-state index contributed by atoms with van der Waals surface area (Å²) in [7, 11) is 0. The zero-order chi connectivity index (χ0) is 13.8. The Labute approximate surface area is 123 Å². The number of aliphatic hydroxyl groups is 1. The summed E-state index contributed by atoms with van der Waals surface area (Å²) >= 11 is 12.0. The quantitative estimate of drug-likeness (QED) is 0.883. The first-order valence-corrected chi connectivity index (χ1v) is 6.98. The summed E-state index contributed by atoms with van der Waals surface area (Å²) in [6, 6.07) is 13.4. The van der Waals surface area contributed by atoms with Crippen LogP contribution in [0.2, 0.25) is 10.0 Å². The summed E-state index contributed by atoms with van der Waals surface area (Å²) in [5.74, 6) is 0. The van der Waals surface area contributed by atoms with Crippen LogP contribution in [0.3, 0.4) is 0 Å². The van der Waals surface area contributed by atoms with Gasteiger partial charge in [0.25, 0.3) is 0 Å². The minimum atomic E-state index is -0.443. The van der Waals surface area contributed by atoms with Crippen molar-refractivity contribution in [1.29, 1.82) is 0 Å². The molecular weight excluding hydrogens is 279 g/mol. The highest BCUT2D eigenvalue weighted by molar-refractivity contribution is 6.31. The molecule has 0 heterocycles. The third-order valence-electron chi connectivity index (χ3n) is 3.05. The molecule has 0 spiro atoms. The van der Waals surface area contributed by atoms with E-state index >= 15 is 0 Å². The number of aliphatic hydroxyl groups excluding tert-OH is 1. The molecular formula is C16H16Cl2O. The minimum Gasteiger partial charge on any atom is -0.392 e. The summed E-state index contributed by atoms with van der Waals surface area (Å²) in [4.78, 5) is 0. The van der Waals surface area contributed by atoms with Crippen molar-refractivity contribution in [2.75, 3.05) is 0 Å². The fraction of sp³-hybridized carbons (Fsp3) is 0.250. The molecule has 3 heteroatoms. The molecule has 2 aromatic carbocycles. The lowest BCUT2D eigenvalue weighted by Crippen LogP contribution is -2.14. The van der Waals surface area contributed by atoms with E-state index in [1.165, 1.54) is 0 Å². The van der Waals surface area contributed by atoms with E-state index in [4.69, 9.17) is 23.2 Å². The van der Waals surface area contributed by atoms with Gasteiger partial charge in [-0.25, -0.2) is 0 Å². The lowest BCUT2D eigenvalue weighted by Gasteiger charge is -2.12. The van der Waals surface area contributed by atoms with Crippen molar-refractivity contribution in [3.8, 4) is 0 Å². The minimum absolute atomic E-state index is 0.443. The van der Waals surface area contributed by atoms with Crippen LogP contribution in [0.15, 0.2) is 42.5 Å². The maximum Gasteiger partial charge on any atom is 0.0621 e. The van der Waals surface area contributed by atoms with Crippen LogP contribution in [0, 0.1) is 6.92 Å². The van der Waals surface area contributed by atoms with Gasteiger partial charge < -0.3 is 5.11 Å². The maximum absolute atomic E-state index is 10.1. The number of benzene rings is 2. The molecule has 100 valence electrons. The predicted octanol–water partition coefficient (Wildman–Crippen LogP) is 4.45. The van der Waals surface area contributed by atoms with Gasteiger partial charge >= 0.3 is 0 Å². The average molecular weight is 295 g/mol. The van der Waals surface area contributed by atoms with Gasteiger partial charge in [0.2, 0.25) is 0 Å². The molecule has 0 aliphatic rings. The summed E-state index contributed by atoms with van der Waals surface area (Å²) in [5, 5.41) is 11.6. The fourth-order valence-electron chi connectivity index (χ4n) is 2.04. The molecule has 0 aliphatic carbocycles. The highest BCUT2D eigenvalue weighted by Crippen LogP contribution is 2.20. The highest BCUT2D eigenvalue weighted by Gasteiger charge is 2.09. The second-order valence-electron chi connectivity index (χ2n) is 4.78. The summed E-state index contributed by atoms with van der Waals surface area (Å²) in [6.07, 6.45) is 0.713. The van der Waals surface area contributed by atoms with E-state index in [2.05, 4.69) is 0 Å². The first-order chi connectivity index (χ1) is 9.04. The average Bonchev–Trinajstić information content (AvgIpc) is 2.36. The second-order valence-corrected chi connectivity index (χ2v) is 5.63. The van der Waals surface area contributed by atoms with Crippen LogP contribution in [-0.2, 0) is 12.8 Å². The van der Waals surface area contributed by atoms with Gasteiger partial charge in [0.1, 0.15) is 0 Å². The van der Waals surface area contributed by atoms with Crippen molar-refractivity contribution in [2.45, 2.75) is 25.9 Å². The van der Waals surface area contributed by atoms with E-state index < -0.39 is 6.10 Å². The third kappa shape index (κ3) is 4.24. The summed E-state index contributed by atoms with van der Waals surface area (Å²) < 4.78 is 0. The molecule has 0 amide bonds. The largest absolute Gasteiger partial charge is 0.392 e. The number of rotatable bonds is 4. The SMILES string of the molecule is Cc1ccc(CC(O)Cc2ccc(Cl)cc2)c(Cl)c1. The molecule has 0 saturated heterocycles. The summed E-state index contributed by atoms with van der Waals surface area (Å²) in [6.45, 7) is 2.00. The van der Waals surface area contributed by atoms with Gasteiger partial charge in [-0.15, -0.1) is 0 Å². The van der Waals surface area contributed by atoms with Crippen molar-refractivity contribution in [2.24, 2.45) is 0 Å².